The van der Waals surface area contributed by atoms with Crippen LogP contribution in [0.25, 0.3) is 0 Å². The van der Waals surface area contributed by atoms with Gasteiger partial charge in [-0.2, -0.15) is 0 Å². The first-order valence-corrected chi connectivity index (χ1v) is 6.71. The van der Waals surface area contributed by atoms with Crippen molar-refractivity contribution in [2.75, 3.05) is 0 Å². The van der Waals surface area contributed by atoms with Crippen LogP contribution in [-0.4, -0.2) is 12.2 Å². The van der Waals surface area contributed by atoms with E-state index in [0.717, 1.165) is 5.92 Å². The van der Waals surface area contributed by atoms with Gasteiger partial charge in [0.25, 0.3) is 0 Å². The van der Waals surface area contributed by atoms with Gasteiger partial charge in [0.2, 0.25) is 0 Å². The van der Waals surface area contributed by atoms with Gasteiger partial charge < -0.3 is 4.74 Å². The molecule has 2 rings (SSSR count). The molecule has 17 heavy (non-hydrogen) atoms. The van der Waals surface area contributed by atoms with Crippen LogP contribution in [0.15, 0.2) is 24.3 Å². The van der Waals surface area contributed by atoms with Crippen molar-refractivity contribution in [2.45, 2.75) is 65.6 Å². The Bertz CT molecular complexity index is 301. The van der Waals surface area contributed by atoms with E-state index in [-0.39, 0.29) is 0 Å². The molecule has 0 spiro atoms. The molecule has 1 nitrogen and oxygen atoms in total. The minimum atomic E-state index is 0.375. The first kappa shape index (κ1) is 14.2. The van der Waals surface area contributed by atoms with Crippen molar-refractivity contribution in [3.63, 3.8) is 0 Å². The highest BCUT2D eigenvalue weighted by Crippen LogP contribution is 2.39. The van der Waals surface area contributed by atoms with Crippen molar-refractivity contribution in [3.8, 4) is 0 Å². The molecule has 0 atom stereocenters. The summed E-state index contributed by atoms with van der Waals surface area (Å²) in [7, 11) is 0. The van der Waals surface area contributed by atoms with Crippen molar-refractivity contribution in [3.05, 3.63) is 35.4 Å². The highest BCUT2D eigenvalue weighted by atomic mass is 16.5. The number of hydrogen-bond acceptors (Lipinski definition) is 1. The average Bonchev–Trinajstić information content (AvgIpc) is 3.01. The fourth-order valence-electron chi connectivity index (χ4n) is 1.80. The predicted octanol–water partition coefficient (Wildman–Crippen LogP) is 4.69. The molecule has 1 aromatic rings. The van der Waals surface area contributed by atoms with Crippen LogP contribution in [0.5, 0.6) is 0 Å². The molecular weight excluding hydrogens is 208 g/mol. The quantitative estimate of drug-likeness (QED) is 0.737. The number of benzene rings is 1. The molecule has 0 bridgehead atoms. The summed E-state index contributed by atoms with van der Waals surface area (Å²) in [5, 5.41) is 0. The standard InChI is InChI=1S/C10H12.C6H14O/c1-8-2-4-9(5-3-8)10-6-7-10;1-5(2)7-6(3)4/h2-5,10H,6-7H2,1H3;5-6H,1-4H3. The highest BCUT2D eigenvalue weighted by Gasteiger charge is 2.22. The largest absolute Gasteiger partial charge is 0.376 e. The minimum Gasteiger partial charge on any atom is -0.376 e. The van der Waals surface area contributed by atoms with E-state index in [1.807, 2.05) is 27.7 Å². The lowest BCUT2D eigenvalue weighted by atomic mass is 10.1. The van der Waals surface area contributed by atoms with E-state index in [1.165, 1.54) is 24.0 Å². The zero-order valence-corrected chi connectivity index (χ0v) is 11.9. The molecule has 0 aliphatic heterocycles. The van der Waals surface area contributed by atoms with Gasteiger partial charge >= 0.3 is 0 Å². The van der Waals surface area contributed by atoms with E-state index in [0.29, 0.717) is 12.2 Å². The first-order valence-electron chi connectivity index (χ1n) is 6.71. The fourth-order valence-corrected chi connectivity index (χ4v) is 1.80. The maximum Gasteiger partial charge on any atom is 0.0522 e. The summed E-state index contributed by atoms with van der Waals surface area (Å²) in [5.41, 5.74) is 2.90. The predicted molar refractivity (Wildman–Crippen MR) is 74.5 cm³/mol. The Labute approximate surface area is 106 Å². The van der Waals surface area contributed by atoms with Gasteiger partial charge in [-0.1, -0.05) is 29.8 Å². The summed E-state index contributed by atoms with van der Waals surface area (Å²) in [6.07, 6.45) is 3.56. The lowest BCUT2D eigenvalue weighted by Crippen LogP contribution is -2.09. The molecule has 1 fully saturated rings. The highest BCUT2D eigenvalue weighted by molar-refractivity contribution is 5.27. The third-order valence-corrected chi connectivity index (χ3v) is 2.67. The summed E-state index contributed by atoms with van der Waals surface area (Å²) >= 11 is 0. The lowest BCUT2D eigenvalue weighted by Gasteiger charge is -2.09. The summed E-state index contributed by atoms with van der Waals surface area (Å²) in [5.74, 6) is 0.903. The van der Waals surface area contributed by atoms with E-state index in [4.69, 9.17) is 4.74 Å². The van der Waals surface area contributed by atoms with E-state index in [9.17, 15) is 0 Å². The molecular formula is C16H26O. The van der Waals surface area contributed by atoms with Gasteiger partial charge in [-0.05, 0) is 58.9 Å². The molecule has 1 aromatic carbocycles. The van der Waals surface area contributed by atoms with Crippen LogP contribution < -0.4 is 0 Å². The van der Waals surface area contributed by atoms with Gasteiger partial charge in [0.1, 0.15) is 0 Å². The molecule has 1 aliphatic rings. The summed E-state index contributed by atoms with van der Waals surface area (Å²) in [6.45, 7) is 10.3. The summed E-state index contributed by atoms with van der Waals surface area (Å²) in [6, 6.07) is 8.92. The average molecular weight is 234 g/mol. The van der Waals surface area contributed by atoms with Crippen LogP contribution in [0, 0.1) is 6.92 Å². The molecule has 0 aromatic heterocycles. The maximum absolute atomic E-state index is 5.25. The summed E-state index contributed by atoms with van der Waals surface area (Å²) < 4.78 is 5.25. The van der Waals surface area contributed by atoms with Gasteiger partial charge in [-0.25, -0.2) is 0 Å². The summed E-state index contributed by atoms with van der Waals surface area (Å²) in [4.78, 5) is 0. The number of rotatable bonds is 3. The van der Waals surface area contributed by atoms with Crippen molar-refractivity contribution in [1.29, 1.82) is 0 Å². The molecule has 1 heteroatoms. The Morgan fingerprint density at radius 3 is 1.71 bits per heavy atom. The Morgan fingerprint density at radius 2 is 1.41 bits per heavy atom. The molecule has 0 saturated heterocycles. The lowest BCUT2D eigenvalue weighted by molar-refractivity contribution is 0.0300. The second-order valence-electron chi connectivity index (χ2n) is 5.42. The Kier molecular flexibility index (Phi) is 5.70. The SMILES string of the molecule is CC(C)OC(C)C.Cc1ccc(C2CC2)cc1. The van der Waals surface area contributed by atoms with Crippen LogP contribution in [0.4, 0.5) is 0 Å². The molecule has 0 amide bonds. The monoisotopic (exact) mass is 234 g/mol. The maximum atomic E-state index is 5.25. The van der Waals surface area contributed by atoms with Gasteiger partial charge in [-0.3, -0.25) is 0 Å². The topological polar surface area (TPSA) is 9.23 Å². The second kappa shape index (κ2) is 6.80. The third kappa shape index (κ3) is 6.48. The molecule has 96 valence electrons. The van der Waals surface area contributed by atoms with Gasteiger partial charge in [0.15, 0.2) is 0 Å². The van der Waals surface area contributed by atoms with Crippen LogP contribution in [0.3, 0.4) is 0 Å². The Balaban J connectivity index is 0.000000185. The van der Waals surface area contributed by atoms with Crippen molar-refractivity contribution >= 4 is 0 Å². The number of ether oxygens (including phenoxy) is 1. The molecule has 1 aliphatic carbocycles. The number of hydrogen-bond donors (Lipinski definition) is 0. The molecule has 0 unspecified atom stereocenters. The van der Waals surface area contributed by atoms with Crippen LogP contribution in [-0.2, 0) is 4.74 Å². The number of aryl methyl sites for hydroxylation is 1. The van der Waals surface area contributed by atoms with Gasteiger partial charge in [0, 0.05) is 0 Å². The van der Waals surface area contributed by atoms with E-state index in [1.54, 1.807) is 0 Å². The molecule has 0 heterocycles. The van der Waals surface area contributed by atoms with E-state index < -0.39 is 0 Å². The molecule has 0 N–H and O–H groups in total. The van der Waals surface area contributed by atoms with Crippen molar-refractivity contribution in [2.24, 2.45) is 0 Å². The van der Waals surface area contributed by atoms with Gasteiger partial charge in [-0.15, -0.1) is 0 Å². The minimum absolute atomic E-state index is 0.375. The van der Waals surface area contributed by atoms with E-state index in [2.05, 4.69) is 31.2 Å². The normalized spacial score (nSPS) is 14.8. The Morgan fingerprint density at radius 1 is 0.941 bits per heavy atom. The van der Waals surface area contributed by atoms with Gasteiger partial charge in [0.05, 0.1) is 12.2 Å². The second-order valence-corrected chi connectivity index (χ2v) is 5.42. The first-order chi connectivity index (χ1) is 7.99. The molecule has 0 radical (unpaired) electrons. The fraction of sp³-hybridized carbons (Fsp3) is 0.625. The zero-order valence-electron chi connectivity index (χ0n) is 11.9. The van der Waals surface area contributed by atoms with Crippen molar-refractivity contribution < 1.29 is 4.74 Å². The van der Waals surface area contributed by atoms with Crippen LogP contribution in [0.2, 0.25) is 0 Å². The smallest absolute Gasteiger partial charge is 0.0522 e. The van der Waals surface area contributed by atoms with Crippen LogP contribution in [0.1, 0.15) is 57.6 Å². The van der Waals surface area contributed by atoms with E-state index >= 15 is 0 Å². The van der Waals surface area contributed by atoms with Crippen molar-refractivity contribution in [1.82, 2.24) is 0 Å². The Hall–Kier alpha value is -0.820. The molecule has 1 saturated carbocycles. The third-order valence-electron chi connectivity index (χ3n) is 2.67. The van der Waals surface area contributed by atoms with Crippen LogP contribution >= 0.6 is 0 Å². The zero-order chi connectivity index (χ0) is 12.8.